The summed E-state index contributed by atoms with van der Waals surface area (Å²) in [5, 5.41) is 0.826. The van der Waals surface area contributed by atoms with Gasteiger partial charge in [0.1, 0.15) is 12.9 Å². The van der Waals surface area contributed by atoms with E-state index in [1.54, 1.807) is 19.4 Å². The highest BCUT2D eigenvalue weighted by Gasteiger charge is 2.25. The van der Waals surface area contributed by atoms with Gasteiger partial charge in [0.15, 0.2) is 0 Å². The third-order valence-electron chi connectivity index (χ3n) is 2.44. The van der Waals surface area contributed by atoms with E-state index in [1.165, 1.54) is 0 Å². The van der Waals surface area contributed by atoms with Gasteiger partial charge in [0.2, 0.25) is 0 Å². The van der Waals surface area contributed by atoms with Crippen LogP contribution in [0.3, 0.4) is 0 Å². The first-order valence-electron chi connectivity index (χ1n) is 5.08. The van der Waals surface area contributed by atoms with Gasteiger partial charge in [-0.05, 0) is 44.4 Å². The van der Waals surface area contributed by atoms with Crippen molar-refractivity contribution in [2.45, 2.75) is 18.9 Å². The Labute approximate surface area is 90.0 Å². The minimum absolute atomic E-state index is 0.315. The SMILES string of the molecule is CP(C)(=O)c1ccc(N)c(OC2CC2)c1. The van der Waals surface area contributed by atoms with Gasteiger partial charge in [-0.25, -0.2) is 0 Å². The normalized spacial score (nSPS) is 16.4. The summed E-state index contributed by atoms with van der Waals surface area (Å²) in [5.41, 5.74) is 6.42. The molecule has 0 unspecified atom stereocenters. The molecule has 0 heterocycles. The predicted molar refractivity (Wildman–Crippen MR) is 63.6 cm³/mol. The van der Waals surface area contributed by atoms with Gasteiger partial charge in [0.25, 0.3) is 0 Å². The number of ether oxygens (including phenoxy) is 1. The van der Waals surface area contributed by atoms with Crippen LogP contribution in [0.5, 0.6) is 5.75 Å². The fourth-order valence-corrected chi connectivity index (χ4v) is 2.19. The van der Waals surface area contributed by atoms with E-state index < -0.39 is 7.14 Å². The molecule has 0 atom stereocenters. The van der Waals surface area contributed by atoms with Gasteiger partial charge < -0.3 is 15.0 Å². The molecule has 15 heavy (non-hydrogen) atoms. The zero-order valence-electron chi connectivity index (χ0n) is 9.06. The second-order valence-electron chi connectivity index (χ2n) is 4.39. The molecule has 0 amide bonds. The lowest BCUT2D eigenvalue weighted by atomic mass is 10.3. The van der Waals surface area contributed by atoms with Crippen LogP contribution in [0, 0.1) is 0 Å². The van der Waals surface area contributed by atoms with Crippen LogP contribution in [0.25, 0.3) is 0 Å². The van der Waals surface area contributed by atoms with Gasteiger partial charge in [0.05, 0.1) is 11.8 Å². The summed E-state index contributed by atoms with van der Waals surface area (Å²) in [5.74, 6) is 0.680. The van der Waals surface area contributed by atoms with E-state index in [0.717, 1.165) is 18.1 Å². The minimum Gasteiger partial charge on any atom is -0.488 e. The summed E-state index contributed by atoms with van der Waals surface area (Å²) >= 11 is 0. The van der Waals surface area contributed by atoms with Crippen molar-refractivity contribution in [3.63, 3.8) is 0 Å². The Bertz CT molecular complexity index is 421. The first-order valence-corrected chi connectivity index (χ1v) is 7.68. The molecule has 0 bridgehead atoms. The quantitative estimate of drug-likeness (QED) is 0.632. The fraction of sp³-hybridized carbons (Fsp3) is 0.455. The Morgan fingerprint density at radius 3 is 2.60 bits per heavy atom. The van der Waals surface area contributed by atoms with Gasteiger partial charge in [-0.15, -0.1) is 0 Å². The highest BCUT2D eigenvalue weighted by atomic mass is 31.2. The summed E-state index contributed by atoms with van der Waals surface area (Å²) < 4.78 is 17.5. The van der Waals surface area contributed by atoms with E-state index in [4.69, 9.17) is 10.5 Å². The van der Waals surface area contributed by atoms with Crippen molar-refractivity contribution < 1.29 is 9.30 Å². The monoisotopic (exact) mass is 225 g/mol. The predicted octanol–water partition coefficient (Wildman–Crippen LogP) is 2.06. The molecule has 4 heteroatoms. The molecular formula is C11H16NO2P. The third-order valence-corrected chi connectivity index (χ3v) is 3.96. The first-order chi connectivity index (χ1) is 6.97. The van der Waals surface area contributed by atoms with Crippen molar-refractivity contribution in [1.82, 2.24) is 0 Å². The fourth-order valence-electron chi connectivity index (χ4n) is 1.33. The standard InChI is InChI=1S/C11H16NO2P/c1-15(2,13)9-5-6-10(12)11(7-9)14-8-3-4-8/h5-8H,3-4,12H2,1-2H3. The maximum Gasteiger partial charge on any atom is 0.143 e. The molecule has 1 aromatic carbocycles. The maximum absolute atomic E-state index is 11.9. The number of anilines is 1. The average Bonchev–Trinajstić information content (AvgIpc) is 2.90. The number of rotatable bonds is 3. The van der Waals surface area contributed by atoms with E-state index in [0.29, 0.717) is 17.5 Å². The van der Waals surface area contributed by atoms with E-state index in [9.17, 15) is 4.57 Å². The maximum atomic E-state index is 11.9. The smallest absolute Gasteiger partial charge is 0.143 e. The average molecular weight is 225 g/mol. The molecule has 1 aliphatic carbocycles. The second-order valence-corrected chi connectivity index (χ2v) is 7.61. The van der Waals surface area contributed by atoms with Crippen molar-refractivity contribution >= 4 is 18.1 Å². The summed E-state index contributed by atoms with van der Waals surface area (Å²) in [6.45, 7) is 3.50. The minimum atomic E-state index is -2.22. The second kappa shape index (κ2) is 3.57. The van der Waals surface area contributed by atoms with Gasteiger partial charge >= 0.3 is 0 Å². The lowest BCUT2D eigenvalue weighted by molar-refractivity contribution is 0.305. The highest BCUT2D eigenvalue weighted by molar-refractivity contribution is 7.70. The van der Waals surface area contributed by atoms with Crippen LogP contribution in [0.2, 0.25) is 0 Å². The van der Waals surface area contributed by atoms with E-state index >= 15 is 0 Å². The van der Waals surface area contributed by atoms with Gasteiger partial charge in [-0.2, -0.15) is 0 Å². The number of benzene rings is 1. The molecular weight excluding hydrogens is 209 g/mol. The van der Waals surface area contributed by atoms with Crippen LogP contribution in [0.1, 0.15) is 12.8 Å². The lowest BCUT2D eigenvalue weighted by Gasteiger charge is -2.12. The van der Waals surface area contributed by atoms with Crippen molar-refractivity contribution in [3.8, 4) is 5.75 Å². The molecule has 2 N–H and O–H groups in total. The van der Waals surface area contributed by atoms with E-state index in [-0.39, 0.29) is 0 Å². The largest absolute Gasteiger partial charge is 0.488 e. The van der Waals surface area contributed by atoms with Crippen molar-refractivity contribution in [2.75, 3.05) is 19.1 Å². The zero-order chi connectivity index (χ0) is 11.1. The van der Waals surface area contributed by atoms with Crippen LogP contribution in [-0.2, 0) is 4.57 Å². The number of nitrogens with two attached hydrogens (primary N) is 1. The molecule has 1 aromatic rings. The van der Waals surface area contributed by atoms with Crippen molar-refractivity contribution in [3.05, 3.63) is 18.2 Å². The summed E-state index contributed by atoms with van der Waals surface area (Å²) in [6, 6.07) is 5.40. The van der Waals surface area contributed by atoms with Gasteiger partial charge in [0, 0.05) is 5.30 Å². The topological polar surface area (TPSA) is 52.3 Å². The molecule has 0 aliphatic heterocycles. The van der Waals surface area contributed by atoms with Crippen LogP contribution in [0.15, 0.2) is 18.2 Å². The summed E-state index contributed by atoms with van der Waals surface area (Å²) in [7, 11) is -2.22. The van der Waals surface area contributed by atoms with Crippen LogP contribution in [0.4, 0.5) is 5.69 Å². The van der Waals surface area contributed by atoms with E-state index in [1.807, 2.05) is 12.1 Å². The number of hydrogen-bond donors (Lipinski definition) is 1. The van der Waals surface area contributed by atoms with Crippen LogP contribution in [-0.4, -0.2) is 19.4 Å². The molecule has 0 radical (unpaired) electrons. The van der Waals surface area contributed by atoms with Crippen LogP contribution < -0.4 is 15.8 Å². The molecule has 1 fully saturated rings. The van der Waals surface area contributed by atoms with Crippen molar-refractivity contribution in [2.24, 2.45) is 0 Å². The molecule has 0 aromatic heterocycles. The van der Waals surface area contributed by atoms with E-state index in [2.05, 4.69) is 0 Å². The number of nitrogen functional groups attached to an aromatic ring is 1. The lowest BCUT2D eigenvalue weighted by Crippen LogP contribution is -2.07. The molecule has 0 saturated heterocycles. The molecule has 1 saturated carbocycles. The zero-order valence-corrected chi connectivity index (χ0v) is 9.96. The third kappa shape index (κ3) is 2.54. The molecule has 1 aliphatic rings. The first kappa shape index (κ1) is 10.6. The highest BCUT2D eigenvalue weighted by Crippen LogP contribution is 2.38. The Balaban J connectivity index is 2.31. The molecule has 3 nitrogen and oxygen atoms in total. The molecule has 82 valence electrons. The van der Waals surface area contributed by atoms with Crippen LogP contribution >= 0.6 is 7.14 Å². The molecule has 0 spiro atoms. The Hall–Kier alpha value is -0.950. The number of hydrogen-bond acceptors (Lipinski definition) is 3. The Morgan fingerprint density at radius 1 is 1.40 bits per heavy atom. The summed E-state index contributed by atoms with van der Waals surface area (Å²) in [4.78, 5) is 0. The van der Waals surface area contributed by atoms with Gasteiger partial charge in [-0.1, -0.05) is 0 Å². The van der Waals surface area contributed by atoms with Crippen molar-refractivity contribution in [1.29, 1.82) is 0 Å². The Morgan fingerprint density at radius 2 is 2.07 bits per heavy atom. The molecule has 2 rings (SSSR count). The Kier molecular flexibility index (Phi) is 2.51. The summed E-state index contributed by atoms with van der Waals surface area (Å²) in [6.07, 6.45) is 2.51. The van der Waals surface area contributed by atoms with Gasteiger partial charge in [-0.3, -0.25) is 0 Å².